The second kappa shape index (κ2) is 7.76. The predicted octanol–water partition coefficient (Wildman–Crippen LogP) is 3.88. The number of aryl methyl sites for hydroxylation is 1. The Hall–Kier alpha value is -2.57. The first-order valence-corrected chi connectivity index (χ1v) is 9.04. The van der Waals surface area contributed by atoms with Gasteiger partial charge in [-0.05, 0) is 56.6 Å². The van der Waals surface area contributed by atoms with Gasteiger partial charge in [0.1, 0.15) is 5.52 Å². The van der Waals surface area contributed by atoms with Crippen LogP contribution >= 0.6 is 0 Å². The number of carbonyl (C=O) groups is 1. The number of carbonyl (C=O) groups excluding carboxylic acids is 1. The third-order valence-corrected chi connectivity index (χ3v) is 4.72. The molecule has 1 atom stereocenters. The summed E-state index contributed by atoms with van der Waals surface area (Å²) in [7, 11) is 0. The summed E-state index contributed by atoms with van der Waals surface area (Å²) in [6.45, 7) is 6.35. The monoisotopic (exact) mass is 360 g/mol. The fourth-order valence-electron chi connectivity index (χ4n) is 3.08. The zero-order valence-electron chi connectivity index (χ0n) is 15.3. The molecule has 1 aromatic heterocycles. The number of nitrogens with zero attached hydrogens (tertiary/aromatic N) is 1. The van der Waals surface area contributed by atoms with Gasteiger partial charge < -0.3 is 13.9 Å². The number of anilines is 1. The lowest BCUT2D eigenvalue weighted by atomic mass is 10.0. The van der Waals surface area contributed by atoms with Gasteiger partial charge in [-0.25, -0.2) is 9.59 Å². The number of rotatable bonds is 7. The van der Waals surface area contributed by atoms with Gasteiger partial charge in [-0.3, -0.25) is 5.32 Å². The summed E-state index contributed by atoms with van der Waals surface area (Å²) in [6, 6.07) is 3.41. The molecule has 0 radical (unpaired) electrons. The Kier molecular flexibility index (Phi) is 5.44. The lowest BCUT2D eigenvalue weighted by Crippen LogP contribution is -2.17. The molecule has 3 rings (SSSR count). The Balaban J connectivity index is 1.91. The average molecular weight is 360 g/mol. The Morgan fingerprint density at radius 1 is 1.38 bits per heavy atom. The van der Waals surface area contributed by atoms with E-state index >= 15 is 0 Å². The summed E-state index contributed by atoms with van der Waals surface area (Å²) in [6.07, 6.45) is 2.79. The van der Waals surface area contributed by atoms with Gasteiger partial charge in [-0.2, -0.15) is 4.98 Å². The van der Waals surface area contributed by atoms with Gasteiger partial charge in [0.05, 0.1) is 24.3 Å². The van der Waals surface area contributed by atoms with Crippen LogP contribution in [-0.2, 0) is 4.74 Å². The second-order valence-corrected chi connectivity index (χ2v) is 6.58. The number of aromatic nitrogens is 1. The van der Waals surface area contributed by atoms with Gasteiger partial charge in [0.25, 0.3) is 0 Å². The molecule has 1 aliphatic carbocycles. The van der Waals surface area contributed by atoms with E-state index in [1.807, 2.05) is 0 Å². The van der Waals surface area contributed by atoms with E-state index in [1.165, 1.54) is 12.8 Å². The summed E-state index contributed by atoms with van der Waals surface area (Å²) < 4.78 is 15.8. The maximum Gasteiger partial charge on any atom is 0.411 e. The van der Waals surface area contributed by atoms with Crippen molar-refractivity contribution in [1.29, 1.82) is 0 Å². The Labute approximate surface area is 151 Å². The molecule has 1 unspecified atom stereocenters. The van der Waals surface area contributed by atoms with E-state index < -0.39 is 11.7 Å². The largest absolute Gasteiger partial charge is 0.450 e. The number of amides is 1. The highest BCUT2D eigenvalue weighted by molar-refractivity contribution is 5.98. The van der Waals surface area contributed by atoms with Crippen molar-refractivity contribution in [2.24, 2.45) is 11.8 Å². The third-order valence-electron chi connectivity index (χ3n) is 4.72. The van der Waals surface area contributed by atoms with Gasteiger partial charge in [-0.15, -0.1) is 0 Å². The Bertz CT molecular complexity index is 857. The average Bonchev–Trinajstić information content (AvgIpc) is 3.43. The van der Waals surface area contributed by atoms with E-state index in [0.717, 1.165) is 6.42 Å². The van der Waals surface area contributed by atoms with Crippen LogP contribution < -0.4 is 15.7 Å². The van der Waals surface area contributed by atoms with Crippen LogP contribution in [0.15, 0.2) is 21.3 Å². The normalized spacial score (nSPS) is 14.9. The smallest absolute Gasteiger partial charge is 0.411 e. The van der Waals surface area contributed by atoms with Crippen LogP contribution in [-0.4, -0.2) is 24.3 Å². The molecule has 0 bridgehead atoms. The van der Waals surface area contributed by atoms with Crippen molar-refractivity contribution in [1.82, 2.24) is 4.98 Å². The minimum atomic E-state index is -0.602. The molecule has 1 aromatic carbocycles. The molecular weight excluding hydrogens is 336 g/mol. The lowest BCUT2D eigenvalue weighted by Gasteiger charge is -2.14. The fraction of sp³-hybridized carbons (Fsp3) is 0.526. The highest BCUT2D eigenvalue weighted by atomic mass is 16.6. The van der Waals surface area contributed by atoms with Crippen LogP contribution in [0.3, 0.4) is 0 Å². The molecule has 1 amide bonds. The summed E-state index contributed by atoms with van der Waals surface area (Å²) in [5.41, 5.74) is 0.904. The number of hydrogen-bond donors (Lipinski definition) is 1. The first-order chi connectivity index (χ1) is 12.5. The van der Waals surface area contributed by atoms with Crippen molar-refractivity contribution in [3.63, 3.8) is 0 Å². The minimum absolute atomic E-state index is 0.0703. The minimum Gasteiger partial charge on any atom is -0.450 e. The first kappa shape index (κ1) is 18.2. The van der Waals surface area contributed by atoms with Gasteiger partial charge in [-0.1, -0.05) is 13.0 Å². The molecule has 1 saturated carbocycles. The van der Waals surface area contributed by atoms with Crippen LogP contribution in [0.1, 0.15) is 38.7 Å². The number of hydrogen-bond acceptors (Lipinski definition) is 6. The zero-order chi connectivity index (χ0) is 18.7. The van der Waals surface area contributed by atoms with Crippen LogP contribution in [0.4, 0.5) is 10.5 Å². The van der Waals surface area contributed by atoms with E-state index in [1.54, 1.807) is 26.0 Å². The summed E-state index contributed by atoms with van der Waals surface area (Å²) in [4.78, 5) is 28.5. The van der Waals surface area contributed by atoms with Gasteiger partial charge in [0.2, 0.25) is 0 Å². The molecule has 1 fully saturated rings. The number of nitrogens with one attached hydrogen (secondary N) is 1. The van der Waals surface area contributed by atoms with Crippen LogP contribution in [0, 0.1) is 18.8 Å². The van der Waals surface area contributed by atoms with E-state index in [-0.39, 0.29) is 12.7 Å². The molecule has 0 saturated heterocycles. The standard InChI is InChI=1S/C19H24N2O5/c1-4-12(13-7-8-13)10-25-19-21-16-14(20-18(23)24-5-2)9-6-11(3)15(16)17(22)26-19/h6,9,12-13H,4-5,7-8,10H2,1-3H3,(H,20,23). The maximum atomic E-state index is 12.4. The molecule has 1 N–H and O–H groups in total. The molecule has 1 heterocycles. The second-order valence-electron chi connectivity index (χ2n) is 6.58. The molecule has 7 heteroatoms. The molecule has 7 nitrogen and oxygen atoms in total. The highest BCUT2D eigenvalue weighted by Crippen LogP contribution is 2.38. The number of ether oxygens (including phenoxy) is 2. The summed E-state index contributed by atoms with van der Waals surface area (Å²) in [5.74, 6) is 1.13. The maximum absolute atomic E-state index is 12.4. The molecule has 1 aliphatic rings. The molecule has 26 heavy (non-hydrogen) atoms. The zero-order valence-corrected chi connectivity index (χ0v) is 15.3. The van der Waals surface area contributed by atoms with Crippen molar-refractivity contribution in [3.8, 4) is 6.08 Å². The van der Waals surface area contributed by atoms with E-state index in [2.05, 4.69) is 17.2 Å². The van der Waals surface area contributed by atoms with Crippen LogP contribution in [0.5, 0.6) is 6.08 Å². The van der Waals surface area contributed by atoms with E-state index in [4.69, 9.17) is 13.9 Å². The molecular formula is C19H24N2O5. The van der Waals surface area contributed by atoms with Gasteiger partial charge in [0.15, 0.2) is 0 Å². The molecule has 2 aromatic rings. The lowest BCUT2D eigenvalue weighted by molar-refractivity contribution is 0.166. The Morgan fingerprint density at radius 2 is 2.15 bits per heavy atom. The Morgan fingerprint density at radius 3 is 2.81 bits per heavy atom. The van der Waals surface area contributed by atoms with Crippen molar-refractivity contribution >= 4 is 22.7 Å². The van der Waals surface area contributed by atoms with Gasteiger partial charge >= 0.3 is 17.8 Å². The molecule has 0 aliphatic heterocycles. The SMILES string of the molecule is CCOC(=O)Nc1ccc(C)c2c(=O)oc(OCC(CC)C3CC3)nc12. The third kappa shape index (κ3) is 3.98. The number of fused-ring (bicyclic) bond motifs is 1. The van der Waals surface area contributed by atoms with Crippen molar-refractivity contribution in [2.75, 3.05) is 18.5 Å². The quantitative estimate of drug-likeness (QED) is 0.806. The first-order valence-electron chi connectivity index (χ1n) is 9.04. The highest BCUT2D eigenvalue weighted by Gasteiger charge is 2.30. The molecule has 0 spiro atoms. The van der Waals surface area contributed by atoms with Crippen molar-refractivity contribution < 1.29 is 18.7 Å². The van der Waals surface area contributed by atoms with Crippen LogP contribution in [0.25, 0.3) is 10.9 Å². The number of benzene rings is 1. The fourth-order valence-corrected chi connectivity index (χ4v) is 3.08. The van der Waals surface area contributed by atoms with Crippen molar-refractivity contribution in [3.05, 3.63) is 28.1 Å². The molecule has 140 valence electrons. The predicted molar refractivity (Wildman–Crippen MR) is 97.7 cm³/mol. The van der Waals surface area contributed by atoms with E-state index in [9.17, 15) is 9.59 Å². The summed E-state index contributed by atoms with van der Waals surface area (Å²) >= 11 is 0. The topological polar surface area (TPSA) is 90.7 Å². The van der Waals surface area contributed by atoms with E-state index in [0.29, 0.717) is 40.6 Å². The van der Waals surface area contributed by atoms with Crippen molar-refractivity contribution in [2.45, 2.75) is 40.0 Å². The van der Waals surface area contributed by atoms with Crippen LogP contribution in [0.2, 0.25) is 0 Å². The summed E-state index contributed by atoms with van der Waals surface area (Å²) in [5, 5.41) is 2.93. The van der Waals surface area contributed by atoms with Gasteiger partial charge in [0, 0.05) is 0 Å².